The lowest BCUT2D eigenvalue weighted by atomic mass is 9.83. The Bertz CT molecular complexity index is 805. The van der Waals surface area contributed by atoms with E-state index in [-0.39, 0.29) is 0 Å². The second-order valence-corrected chi connectivity index (χ2v) is 7.97. The summed E-state index contributed by atoms with van der Waals surface area (Å²) in [5.74, 6) is 1.89. The van der Waals surface area contributed by atoms with E-state index in [1.54, 1.807) is 6.20 Å². The first kappa shape index (κ1) is 16.5. The van der Waals surface area contributed by atoms with Crippen LogP contribution in [0.5, 0.6) is 0 Å². The summed E-state index contributed by atoms with van der Waals surface area (Å²) in [6, 6.07) is 10.8. The third-order valence-electron chi connectivity index (χ3n) is 5.80. The van der Waals surface area contributed by atoms with Crippen molar-refractivity contribution in [2.45, 2.75) is 38.1 Å². The van der Waals surface area contributed by atoms with Crippen molar-refractivity contribution < 1.29 is 0 Å². The average Bonchev–Trinajstić information content (AvgIpc) is 3.45. The van der Waals surface area contributed by atoms with Gasteiger partial charge in [-0.3, -0.25) is 4.98 Å². The van der Waals surface area contributed by atoms with Crippen LogP contribution in [-0.4, -0.2) is 35.6 Å². The minimum absolute atomic E-state index is 0.324. The van der Waals surface area contributed by atoms with Crippen molar-refractivity contribution in [2.75, 3.05) is 19.6 Å². The van der Waals surface area contributed by atoms with E-state index in [0.717, 1.165) is 36.5 Å². The largest absolute Gasteiger partial charge is 0.326 e. The Morgan fingerprint density at radius 2 is 2.16 bits per heavy atom. The number of aromatic nitrogens is 1. The normalized spacial score (nSPS) is 25.6. The number of likely N-dealkylation sites (tertiary alicyclic amines) is 1. The van der Waals surface area contributed by atoms with Crippen molar-refractivity contribution in [1.29, 1.82) is 5.26 Å². The van der Waals surface area contributed by atoms with E-state index in [4.69, 9.17) is 5.73 Å². The molecule has 0 bridgehead atoms. The van der Waals surface area contributed by atoms with E-state index in [1.165, 1.54) is 24.8 Å². The summed E-state index contributed by atoms with van der Waals surface area (Å²) in [6.45, 7) is 5.55. The second kappa shape index (κ2) is 6.74. The van der Waals surface area contributed by atoms with Gasteiger partial charge in [-0.25, -0.2) is 0 Å². The molecule has 1 aromatic heterocycles. The summed E-state index contributed by atoms with van der Waals surface area (Å²) < 4.78 is 0. The van der Waals surface area contributed by atoms with E-state index < -0.39 is 0 Å². The Hall–Kier alpha value is -1.96. The molecule has 2 aliphatic rings. The van der Waals surface area contributed by atoms with Crippen molar-refractivity contribution in [3.63, 3.8) is 0 Å². The number of nitrogens with zero attached hydrogens (tertiary/aromatic N) is 3. The van der Waals surface area contributed by atoms with Gasteiger partial charge in [-0.1, -0.05) is 19.1 Å². The maximum absolute atomic E-state index is 9.37. The first-order valence-electron chi connectivity index (χ1n) is 9.41. The fraction of sp³-hybridized carbons (Fsp3) is 0.524. The number of benzene rings is 1. The van der Waals surface area contributed by atoms with Crippen LogP contribution in [0.2, 0.25) is 0 Å². The molecular formula is C21H26N4. The van der Waals surface area contributed by atoms with E-state index in [9.17, 15) is 5.26 Å². The van der Waals surface area contributed by atoms with E-state index in [0.29, 0.717) is 23.4 Å². The van der Waals surface area contributed by atoms with Crippen LogP contribution in [0.25, 0.3) is 10.9 Å². The van der Waals surface area contributed by atoms with E-state index in [2.05, 4.69) is 35.0 Å². The highest BCUT2D eigenvalue weighted by Crippen LogP contribution is 2.36. The molecule has 1 aromatic carbocycles. The Kier molecular flexibility index (Phi) is 4.45. The molecule has 1 saturated carbocycles. The number of rotatable bonds is 4. The fourth-order valence-electron chi connectivity index (χ4n) is 4.45. The summed E-state index contributed by atoms with van der Waals surface area (Å²) in [6.07, 6.45) is 5.57. The maximum atomic E-state index is 9.37. The molecule has 4 heteroatoms. The van der Waals surface area contributed by atoms with Gasteiger partial charge < -0.3 is 10.6 Å². The van der Waals surface area contributed by atoms with E-state index >= 15 is 0 Å². The Balaban J connectivity index is 1.62. The Morgan fingerprint density at radius 3 is 2.92 bits per heavy atom. The van der Waals surface area contributed by atoms with Gasteiger partial charge in [-0.05, 0) is 54.7 Å². The van der Waals surface area contributed by atoms with Gasteiger partial charge in [0.05, 0.1) is 11.1 Å². The first-order valence-corrected chi connectivity index (χ1v) is 9.41. The number of hydrogen-bond acceptors (Lipinski definition) is 4. The van der Waals surface area contributed by atoms with Gasteiger partial charge in [-0.15, -0.1) is 0 Å². The van der Waals surface area contributed by atoms with Crippen LogP contribution in [-0.2, 0) is 0 Å². The van der Waals surface area contributed by atoms with Crippen molar-refractivity contribution in [3.05, 3.63) is 41.6 Å². The third kappa shape index (κ3) is 3.40. The number of piperidine rings is 1. The molecule has 0 unspecified atom stereocenters. The minimum Gasteiger partial charge on any atom is -0.326 e. The third-order valence-corrected chi connectivity index (χ3v) is 5.80. The second-order valence-electron chi connectivity index (χ2n) is 7.97. The molecule has 2 heterocycles. The SMILES string of the molecule is C[C@@H]1C[C@@H](c2ccc(C#N)c3ncccc23)CN(C[C@@H](N)C2CC2)C1. The summed E-state index contributed by atoms with van der Waals surface area (Å²) in [4.78, 5) is 7.03. The van der Waals surface area contributed by atoms with Crippen LogP contribution in [0.3, 0.4) is 0 Å². The van der Waals surface area contributed by atoms with Crippen LogP contribution in [0.4, 0.5) is 0 Å². The predicted molar refractivity (Wildman–Crippen MR) is 100 cm³/mol. The minimum atomic E-state index is 0.324. The summed E-state index contributed by atoms with van der Waals surface area (Å²) >= 11 is 0. The molecule has 1 aliphatic carbocycles. The standard InChI is InChI=1S/C21H26N4/c1-14-9-17(12-25(11-14)13-20(23)15-4-5-15)18-7-6-16(10-22)21-19(18)3-2-8-24-21/h2-3,6-8,14-15,17,20H,4-5,9,11-13,23H2,1H3/t14-,17-,20-/m1/s1. The van der Waals surface area contributed by atoms with Crippen molar-refractivity contribution in [2.24, 2.45) is 17.6 Å². The van der Waals surface area contributed by atoms with E-state index in [1.807, 2.05) is 12.1 Å². The topological polar surface area (TPSA) is 65.9 Å². The molecule has 0 radical (unpaired) electrons. The lowest BCUT2D eigenvalue weighted by Crippen LogP contribution is -2.45. The van der Waals surface area contributed by atoms with Crippen LogP contribution >= 0.6 is 0 Å². The molecule has 2 aromatic rings. The van der Waals surface area contributed by atoms with Gasteiger partial charge in [-0.2, -0.15) is 5.26 Å². The zero-order valence-electron chi connectivity index (χ0n) is 14.9. The van der Waals surface area contributed by atoms with Gasteiger partial charge in [0, 0.05) is 37.3 Å². The smallest absolute Gasteiger partial charge is 0.101 e. The number of hydrogen-bond donors (Lipinski definition) is 1. The molecule has 2 fully saturated rings. The van der Waals surface area contributed by atoms with Crippen molar-refractivity contribution in [3.8, 4) is 6.07 Å². The lowest BCUT2D eigenvalue weighted by Gasteiger charge is -2.38. The highest BCUT2D eigenvalue weighted by molar-refractivity contribution is 5.87. The molecule has 1 aliphatic heterocycles. The van der Waals surface area contributed by atoms with Crippen LogP contribution < -0.4 is 5.73 Å². The summed E-state index contributed by atoms with van der Waals surface area (Å²) in [5, 5.41) is 10.5. The average molecular weight is 334 g/mol. The summed E-state index contributed by atoms with van der Waals surface area (Å²) in [5.41, 5.74) is 9.21. The molecule has 0 spiro atoms. The molecule has 130 valence electrons. The Morgan fingerprint density at radius 1 is 1.32 bits per heavy atom. The molecular weight excluding hydrogens is 308 g/mol. The monoisotopic (exact) mass is 334 g/mol. The van der Waals surface area contributed by atoms with Gasteiger partial charge in [0.15, 0.2) is 0 Å². The van der Waals surface area contributed by atoms with Crippen molar-refractivity contribution >= 4 is 10.9 Å². The van der Waals surface area contributed by atoms with Gasteiger partial charge in [0.25, 0.3) is 0 Å². The number of nitrogens with two attached hydrogens (primary N) is 1. The van der Waals surface area contributed by atoms with Crippen LogP contribution in [0.1, 0.15) is 43.2 Å². The lowest BCUT2D eigenvalue weighted by molar-refractivity contribution is 0.152. The maximum Gasteiger partial charge on any atom is 0.101 e. The molecule has 0 amide bonds. The Labute approximate surface area is 149 Å². The molecule has 2 N–H and O–H groups in total. The summed E-state index contributed by atoms with van der Waals surface area (Å²) in [7, 11) is 0. The highest BCUT2D eigenvalue weighted by atomic mass is 15.1. The van der Waals surface area contributed by atoms with Crippen LogP contribution in [0.15, 0.2) is 30.5 Å². The molecule has 4 nitrogen and oxygen atoms in total. The van der Waals surface area contributed by atoms with Gasteiger partial charge in [0.2, 0.25) is 0 Å². The molecule has 1 saturated heterocycles. The van der Waals surface area contributed by atoms with Gasteiger partial charge in [0.1, 0.15) is 6.07 Å². The predicted octanol–water partition coefficient (Wildman–Crippen LogP) is 3.27. The number of pyridine rings is 1. The first-order chi connectivity index (χ1) is 12.2. The van der Waals surface area contributed by atoms with Gasteiger partial charge >= 0.3 is 0 Å². The van der Waals surface area contributed by atoms with Crippen molar-refractivity contribution in [1.82, 2.24) is 9.88 Å². The fourth-order valence-corrected chi connectivity index (χ4v) is 4.45. The quantitative estimate of drug-likeness (QED) is 0.932. The molecule has 25 heavy (non-hydrogen) atoms. The highest BCUT2D eigenvalue weighted by Gasteiger charge is 2.33. The zero-order valence-corrected chi connectivity index (χ0v) is 14.9. The molecule has 4 rings (SSSR count). The zero-order chi connectivity index (χ0) is 17.4. The molecule has 3 atom stereocenters. The van der Waals surface area contributed by atoms with Crippen LogP contribution in [0, 0.1) is 23.2 Å². The number of fused-ring (bicyclic) bond motifs is 1. The number of nitriles is 1.